The minimum absolute atomic E-state index is 0.00697. The van der Waals surface area contributed by atoms with Crippen LogP contribution < -0.4 is 5.32 Å². The predicted octanol–water partition coefficient (Wildman–Crippen LogP) is 0.959. The van der Waals surface area contributed by atoms with E-state index in [0.29, 0.717) is 13.1 Å². The maximum Gasteiger partial charge on any atom is 0.254 e. The fourth-order valence-electron chi connectivity index (χ4n) is 2.81. The number of carbonyl (C=O) groups is 2. The van der Waals surface area contributed by atoms with E-state index in [-0.39, 0.29) is 18.4 Å². The van der Waals surface area contributed by atoms with Gasteiger partial charge in [-0.05, 0) is 30.5 Å². The van der Waals surface area contributed by atoms with Crippen LogP contribution in [-0.4, -0.2) is 54.8 Å². The molecule has 1 N–H and O–H groups in total. The number of likely N-dealkylation sites (N-methyl/N-ethyl adjacent to an activating group) is 1. The zero-order valence-electron chi connectivity index (χ0n) is 11.7. The highest BCUT2D eigenvalue weighted by Crippen LogP contribution is 2.26. The standard InChI is InChI=1S/C15H19N3O2/c1-17-8-9-18(10-14(17)19)15(20)12-4-2-6-13-11(12)5-3-7-16-13/h2,4,6,16H,3,5,7-10H2,1H3. The van der Waals surface area contributed by atoms with Crippen LogP contribution in [0.3, 0.4) is 0 Å². The first kappa shape index (κ1) is 13.0. The fraction of sp³-hybridized carbons (Fsp3) is 0.467. The molecule has 0 atom stereocenters. The Morgan fingerprint density at radius 2 is 2.15 bits per heavy atom. The molecule has 1 fully saturated rings. The summed E-state index contributed by atoms with van der Waals surface area (Å²) in [6.07, 6.45) is 1.96. The van der Waals surface area contributed by atoms with Gasteiger partial charge in [-0.2, -0.15) is 0 Å². The smallest absolute Gasteiger partial charge is 0.254 e. The van der Waals surface area contributed by atoms with Gasteiger partial charge in [0.05, 0.1) is 0 Å². The summed E-state index contributed by atoms with van der Waals surface area (Å²) < 4.78 is 0. The second-order valence-electron chi connectivity index (χ2n) is 5.40. The van der Waals surface area contributed by atoms with E-state index < -0.39 is 0 Å². The Kier molecular flexibility index (Phi) is 3.34. The van der Waals surface area contributed by atoms with E-state index in [2.05, 4.69) is 5.32 Å². The number of hydrogen-bond donors (Lipinski definition) is 1. The number of carbonyl (C=O) groups excluding carboxylic acids is 2. The van der Waals surface area contributed by atoms with E-state index in [1.54, 1.807) is 16.8 Å². The Labute approximate surface area is 118 Å². The third-order valence-electron chi connectivity index (χ3n) is 4.07. The van der Waals surface area contributed by atoms with Crippen LogP contribution in [0.2, 0.25) is 0 Å². The van der Waals surface area contributed by atoms with Gasteiger partial charge < -0.3 is 15.1 Å². The summed E-state index contributed by atoms with van der Waals surface area (Å²) in [6.45, 7) is 2.36. The molecule has 1 aromatic carbocycles. The molecule has 0 bridgehead atoms. The minimum Gasteiger partial charge on any atom is -0.385 e. The van der Waals surface area contributed by atoms with Gasteiger partial charge in [-0.1, -0.05) is 6.07 Å². The van der Waals surface area contributed by atoms with Gasteiger partial charge in [0, 0.05) is 37.9 Å². The molecule has 20 heavy (non-hydrogen) atoms. The molecule has 106 valence electrons. The minimum atomic E-state index is -0.0213. The van der Waals surface area contributed by atoms with Gasteiger partial charge in [0.15, 0.2) is 0 Å². The molecule has 0 spiro atoms. The number of amides is 2. The molecule has 1 aromatic rings. The summed E-state index contributed by atoms with van der Waals surface area (Å²) in [7, 11) is 1.78. The Bertz CT molecular complexity index is 556. The number of fused-ring (bicyclic) bond motifs is 1. The quantitative estimate of drug-likeness (QED) is 0.829. The molecule has 5 heteroatoms. The van der Waals surface area contributed by atoms with Gasteiger partial charge in [0.1, 0.15) is 6.54 Å². The lowest BCUT2D eigenvalue weighted by Crippen LogP contribution is -2.50. The van der Waals surface area contributed by atoms with Crippen LogP contribution in [0.1, 0.15) is 22.3 Å². The molecule has 0 radical (unpaired) electrons. The van der Waals surface area contributed by atoms with E-state index >= 15 is 0 Å². The van der Waals surface area contributed by atoms with E-state index in [1.807, 2.05) is 18.2 Å². The molecule has 3 rings (SSSR count). The van der Waals surface area contributed by atoms with E-state index in [0.717, 1.165) is 36.2 Å². The average molecular weight is 273 g/mol. The Balaban J connectivity index is 1.86. The summed E-state index contributed by atoms with van der Waals surface area (Å²) in [4.78, 5) is 27.7. The fourth-order valence-corrected chi connectivity index (χ4v) is 2.81. The van der Waals surface area contributed by atoms with Crippen molar-refractivity contribution in [3.8, 4) is 0 Å². The van der Waals surface area contributed by atoms with E-state index in [1.165, 1.54) is 0 Å². The van der Waals surface area contributed by atoms with Gasteiger partial charge >= 0.3 is 0 Å². The predicted molar refractivity (Wildman–Crippen MR) is 76.8 cm³/mol. The van der Waals surface area contributed by atoms with E-state index in [4.69, 9.17) is 0 Å². The highest BCUT2D eigenvalue weighted by atomic mass is 16.2. The first-order valence-corrected chi connectivity index (χ1v) is 7.06. The van der Waals surface area contributed by atoms with Crippen molar-refractivity contribution in [2.75, 3.05) is 38.5 Å². The van der Waals surface area contributed by atoms with Crippen LogP contribution in [-0.2, 0) is 11.2 Å². The number of piperazine rings is 1. The lowest BCUT2D eigenvalue weighted by molar-refractivity contribution is -0.133. The summed E-state index contributed by atoms with van der Waals surface area (Å²) in [5.41, 5.74) is 2.89. The molecule has 2 amide bonds. The molecule has 2 aliphatic heterocycles. The molecule has 5 nitrogen and oxygen atoms in total. The Morgan fingerprint density at radius 3 is 2.95 bits per heavy atom. The van der Waals surface area contributed by atoms with Crippen molar-refractivity contribution in [1.29, 1.82) is 0 Å². The van der Waals surface area contributed by atoms with Gasteiger partial charge in [0.2, 0.25) is 5.91 Å². The number of benzene rings is 1. The molecular formula is C15H19N3O2. The highest BCUT2D eigenvalue weighted by molar-refractivity contribution is 5.99. The molecule has 0 aromatic heterocycles. The monoisotopic (exact) mass is 273 g/mol. The van der Waals surface area contributed by atoms with Crippen molar-refractivity contribution < 1.29 is 9.59 Å². The van der Waals surface area contributed by atoms with Crippen LogP contribution in [0.25, 0.3) is 0 Å². The van der Waals surface area contributed by atoms with Gasteiger partial charge in [-0.15, -0.1) is 0 Å². The average Bonchev–Trinajstić information content (AvgIpc) is 2.49. The number of nitrogens with zero attached hydrogens (tertiary/aromatic N) is 2. The van der Waals surface area contributed by atoms with Crippen molar-refractivity contribution in [2.45, 2.75) is 12.8 Å². The molecular weight excluding hydrogens is 254 g/mol. The van der Waals surface area contributed by atoms with E-state index in [9.17, 15) is 9.59 Å². The number of nitrogens with one attached hydrogen (secondary N) is 1. The van der Waals surface area contributed by atoms with Crippen molar-refractivity contribution >= 4 is 17.5 Å². The van der Waals surface area contributed by atoms with Crippen molar-refractivity contribution in [3.63, 3.8) is 0 Å². The third-order valence-corrected chi connectivity index (χ3v) is 4.07. The van der Waals surface area contributed by atoms with Gasteiger partial charge in [-0.3, -0.25) is 9.59 Å². The highest BCUT2D eigenvalue weighted by Gasteiger charge is 2.27. The summed E-state index contributed by atoms with van der Waals surface area (Å²) in [5, 5.41) is 3.33. The normalized spacial score (nSPS) is 18.6. The summed E-state index contributed by atoms with van der Waals surface area (Å²) >= 11 is 0. The first-order valence-electron chi connectivity index (χ1n) is 7.06. The lowest BCUT2D eigenvalue weighted by atomic mass is 9.96. The zero-order chi connectivity index (χ0) is 14.1. The van der Waals surface area contributed by atoms with Crippen LogP contribution in [0.15, 0.2) is 18.2 Å². The largest absolute Gasteiger partial charge is 0.385 e. The topological polar surface area (TPSA) is 52.6 Å². The molecule has 2 aliphatic rings. The third kappa shape index (κ3) is 2.24. The lowest BCUT2D eigenvalue weighted by Gasteiger charge is -2.33. The van der Waals surface area contributed by atoms with Crippen LogP contribution >= 0.6 is 0 Å². The SMILES string of the molecule is CN1CCN(C(=O)c2cccc3c2CCCN3)CC1=O. The maximum absolute atomic E-state index is 12.7. The van der Waals surface area contributed by atoms with Crippen LogP contribution in [0.5, 0.6) is 0 Å². The number of anilines is 1. The van der Waals surface area contributed by atoms with Crippen LogP contribution in [0, 0.1) is 0 Å². The second-order valence-corrected chi connectivity index (χ2v) is 5.40. The van der Waals surface area contributed by atoms with Crippen molar-refractivity contribution in [3.05, 3.63) is 29.3 Å². The molecule has 0 unspecified atom stereocenters. The molecule has 0 saturated carbocycles. The number of hydrogen-bond acceptors (Lipinski definition) is 3. The molecule has 2 heterocycles. The Morgan fingerprint density at radius 1 is 1.30 bits per heavy atom. The van der Waals surface area contributed by atoms with Crippen molar-refractivity contribution in [2.24, 2.45) is 0 Å². The number of rotatable bonds is 1. The molecule has 0 aliphatic carbocycles. The second kappa shape index (κ2) is 5.15. The summed E-state index contributed by atoms with van der Waals surface area (Å²) in [5.74, 6) is -0.0143. The maximum atomic E-state index is 12.7. The van der Waals surface area contributed by atoms with Gasteiger partial charge in [0.25, 0.3) is 5.91 Å². The molecule has 1 saturated heterocycles. The van der Waals surface area contributed by atoms with Crippen LogP contribution in [0.4, 0.5) is 5.69 Å². The first-order chi connectivity index (χ1) is 9.66. The Hall–Kier alpha value is -2.04. The van der Waals surface area contributed by atoms with Crippen molar-refractivity contribution in [1.82, 2.24) is 9.80 Å². The summed E-state index contributed by atoms with van der Waals surface area (Å²) in [6, 6.07) is 5.79. The zero-order valence-corrected chi connectivity index (χ0v) is 11.7. The van der Waals surface area contributed by atoms with Gasteiger partial charge in [-0.25, -0.2) is 0 Å².